The third-order valence-corrected chi connectivity index (χ3v) is 2.74. The molecule has 0 bridgehead atoms. The van der Waals surface area contributed by atoms with Gasteiger partial charge in [0.25, 0.3) is 5.91 Å². The van der Waals surface area contributed by atoms with Crippen molar-refractivity contribution in [3.8, 4) is 5.75 Å². The number of hydrogen-bond donors (Lipinski definition) is 2. The van der Waals surface area contributed by atoms with Crippen LogP contribution >= 0.6 is 0 Å². The zero-order valence-electron chi connectivity index (χ0n) is 12.4. The Labute approximate surface area is 129 Å². The Morgan fingerprint density at radius 1 is 1.27 bits per heavy atom. The van der Waals surface area contributed by atoms with Crippen molar-refractivity contribution in [2.24, 2.45) is 0 Å². The normalized spacial score (nSPS) is 9.86. The van der Waals surface area contributed by atoms with E-state index in [1.165, 1.54) is 12.4 Å². The van der Waals surface area contributed by atoms with Crippen LogP contribution in [0.1, 0.15) is 17.4 Å². The van der Waals surface area contributed by atoms with Gasteiger partial charge in [0.05, 0.1) is 19.0 Å². The van der Waals surface area contributed by atoms with E-state index in [9.17, 15) is 4.79 Å². The first-order chi connectivity index (χ1) is 10.7. The monoisotopic (exact) mass is 298 g/mol. The molecule has 0 unspecified atom stereocenters. The molecule has 1 aromatic carbocycles. The molecular weight excluding hydrogens is 280 g/mol. The molecule has 0 fully saturated rings. The lowest BCUT2D eigenvalue weighted by Crippen LogP contribution is -2.14. The maximum absolute atomic E-state index is 12.1. The predicted molar refractivity (Wildman–Crippen MR) is 86.3 cm³/mol. The van der Waals surface area contributed by atoms with Crippen LogP contribution in [0.2, 0.25) is 0 Å². The molecule has 0 aliphatic rings. The molecule has 22 heavy (non-hydrogen) atoms. The highest BCUT2D eigenvalue weighted by atomic mass is 16.5. The number of nitrogens with zero attached hydrogens (tertiary/aromatic N) is 2. The Kier molecular flexibility index (Phi) is 5.48. The Morgan fingerprint density at radius 2 is 2.05 bits per heavy atom. The van der Waals surface area contributed by atoms with Crippen molar-refractivity contribution in [1.29, 1.82) is 0 Å². The minimum absolute atomic E-state index is 0.248. The molecule has 0 aliphatic carbocycles. The molecule has 2 N–H and O–H groups in total. The second-order valence-corrected chi connectivity index (χ2v) is 4.37. The van der Waals surface area contributed by atoms with Gasteiger partial charge in [-0.15, -0.1) is 6.58 Å². The zero-order chi connectivity index (χ0) is 15.8. The fourth-order valence-corrected chi connectivity index (χ4v) is 1.71. The Balaban J connectivity index is 1.97. The fraction of sp³-hybridized carbons (Fsp3) is 0.188. The summed E-state index contributed by atoms with van der Waals surface area (Å²) in [6.07, 6.45) is 4.65. The summed E-state index contributed by atoms with van der Waals surface area (Å²) >= 11 is 0. The van der Waals surface area contributed by atoms with Gasteiger partial charge in [0, 0.05) is 12.2 Å². The highest BCUT2D eigenvalue weighted by Crippen LogP contribution is 2.16. The van der Waals surface area contributed by atoms with Gasteiger partial charge in [0.2, 0.25) is 0 Å². The van der Waals surface area contributed by atoms with Gasteiger partial charge in [-0.05, 0) is 31.2 Å². The quantitative estimate of drug-likeness (QED) is 0.769. The number of aromatic nitrogens is 2. The fourth-order valence-electron chi connectivity index (χ4n) is 1.71. The van der Waals surface area contributed by atoms with Crippen molar-refractivity contribution >= 4 is 17.4 Å². The van der Waals surface area contributed by atoms with E-state index in [-0.39, 0.29) is 11.6 Å². The largest absolute Gasteiger partial charge is 0.494 e. The smallest absolute Gasteiger partial charge is 0.275 e. The minimum atomic E-state index is -0.313. The third kappa shape index (κ3) is 4.31. The molecule has 0 atom stereocenters. The molecule has 6 heteroatoms. The van der Waals surface area contributed by atoms with Crippen LogP contribution in [-0.2, 0) is 0 Å². The SMILES string of the molecule is C=CCNc1cnc(C(=O)Nc2ccc(OCC)cc2)cn1. The number of carbonyl (C=O) groups is 1. The number of rotatable bonds is 7. The van der Waals surface area contributed by atoms with E-state index >= 15 is 0 Å². The second kappa shape index (κ2) is 7.78. The van der Waals surface area contributed by atoms with Gasteiger partial charge in [-0.2, -0.15) is 0 Å². The van der Waals surface area contributed by atoms with Gasteiger partial charge in [-0.1, -0.05) is 6.08 Å². The lowest BCUT2D eigenvalue weighted by Gasteiger charge is -2.07. The summed E-state index contributed by atoms with van der Waals surface area (Å²) in [5, 5.41) is 5.75. The Bertz CT molecular complexity index is 624. The van der Waals surface area contributed by atoms with Crippen molar-refractivity contribution in [3.63, 3.8) is 0 Å². The lowest BCUT2D eigenvalue weighted by atomic mass is 10.3. The van der Waals surface area contributed by atoms with Crippen LogP contribution in [0, 0.1) is 0 Å². The molecule has 0 aliphatic heterocycles. The van der Waals surface area contributed by atoms with Crippen molar-refractivity contribution in [3.05, 3.63) is 55.0 Å². The summed E-state index contributed by atoms with van der Waals surface area (Å²) < 4.78 is 5.35. The molecule has 0 saturated carbocycles. The van der Waals surface area contributed by atoms with Crippen LogP contribution in [0.4, 0.5) is 11.5 Å². The number of anilines is 2. The van der Waals surface area contributed by atoms with Gasteiger partial charge >= 0.3 is 0 Å². The second-order valence-electron chi connectivity index (χ2n) is 4.37. The number of amides is 1. The lowest BCUT2D eigenvalue weighted by molar-refractivity contribution is 0.102. The Morgan fingerprint density at radius 3 is 2.64 bits per heavy atom. The average molecular weight is 298 g/mol. The summed E-state index contributed by atoms with van der Waals surface area (Å²) in [4.78, 5) is 20.3. The summed E-state index contributed by atoms with van der Waals surface area (Å²) in [6.45, 7) is 6.72. The topological polar surface area (TPSA) is 76.1 Å². The van der Waals surface area contributed by atoms with Crippen molar-refractivity contribution < 1.29 is 9.53 Å². The first-order valence-corrected chi connectivity index (χ1v) is 6.94. The third-order valence-electron chi connectivity index (χ3n) is 2.74. The van der Waals surface area contributed by atoms with Crippen LogP contribution in [0.3, 0.4) is 0 Å². The number of benzene rings is 1. The molecule has 2 rings (SSSR count). The first-order valence-electron chi connectivity index (χ1n) is 6.94. The summed E-state index contributed by atoms with van der Waals surface area (Å²) in [7, 11) is 0. The number of carbonyl (C=O) groups excluding carboxylic acids is 1. The summed E-state index contributed by atoms with van der Waals surface area (Å²) in [5.41, 5.74) is 0.919. The van der Waals surface area contributed by atoms with Crippen LogP contribution in [-0.4, -0.2) is 29.0 Å². The first kappa shape index (κ1) is 15.5. The van der Waals surface area contributed by atoms with Crippen molar-refractivity contribution in [2.75, 3.05) is 23.8 Å². The van der Waals surface area contributed by atoms with Crippen molar-refractivity contribution in [1.82, 2.24) is 9.97 Å². The molecule has 0 radical (unpaired) electrons. The molecule has 1 amide bonds. The highest BCUT2D eigenvalue weighted by Gasteiger charge is 2.08. The van der Waals surface area contributed by atoms with Gasteiger partial charge in [-0.25, -0.2) is 9.97 Å². The number of ether oxygens (including phenoxy) is 1. The van der Waals surface area contributed by atoms with E-state index in [4.69, 9.17) is 4.74 Å². The van der Waals surface area contributed by atoms with E-state index in [2.05, 4.69) is 27.2 Å². The van der Waals surface area contributed by atoms with E-state index in [1.54, 1.807) is 30.3 Å². The Hall–Kier alpha value is -2.89. The van der Waals surface area contributed by atoms with Crippen LogP contribution in [0.25, 0.3) is 0 Å². The molecular formula is C16H18N4O2. The maximum atomic E-state index is 12.1. The van der Waals surface area contributed by atoms with E-state index in [0.29, 0.717) is 24.7 Å². The maximum Gasteiger partial charge on any atom is 0.275 e. The summed E-state index contributed by atoms with van der Waals surface area (Å²) in [5.74, 6) is 1.04. The molecule has 1 aromatic heterocycles. The predicted octanol–water partition coefficient (Wildman–Crippen LogP) is 2.73. The molecule has 6 nitrogen and oxygen atoms in total. The van der Waals surface area contributed by atoms with Crippen LogP contribution < -0.4 is 15.4 Å². The number of hydrogen-bond acceptors (Lipinski definition) is 5. The molecule has 1 heterocycles. The molecule has 114 valence electrons. The van der Waals surface area contributed by atoms with Crippen molar-refractivity contribution in [2.45, 2.75) is 6.92 Å². The van der Waals surface area contributed by atoms with Gasteiger partial charge in [-0.3, -0.25) is 4.79 Å². The van der Waals surface area contributed by atoms with Gasteiger partial charge in [0.15, 0.2) is 0 Å². The highest BCUT2D eigenvalue weighted by molar-refractivity contribution is 6.02. The molecule has 0 spiro atoms. The average Bonchev–Trinajstić information content (AvgIpc) is 2.55. The zero-order valence-corrected chi connectivity index (χ0v) is 12.4. The van der Waals surface area contributed by atoms with Gasteiger partial charge < -0.3 is 15.4 Å². The van der Waals surface area contributed by atoms with E-state index < -0.39 is 0 Å². The van der Waals surface area contributed by atoms with Crippen LogP contribution in [0.5, 0.6) is 5.75 Å². The standard InChI is InChI=1S/C16H18N4O2/c1-3-9-17-15-11-18-14(10-19-15)16(21)20-12-5-7-13(8-6-12)22-4-2/h3,5-8,10-11H,1,4,9H2,2H3,(H,17,19)(H,20,21). The van der Waals surface area contributed by atoms with Crippen LogP contribution in [0.15, 0.2) is 49.3 Å². The number of nitrogens with one attached hydrogen (secondary N) is 2. The minimum Gasteiger partial charge on any atom is -0.494 e. The van der Waals surface area contributed by atoms with E-state index in [0.717, 1.165) is 5.75 Å². The molecule has 0 saturated heterocycles. The molecule has 2 aromatic rings. The van der Waals surface area contributed by atoms with E-state index in [1.807, 2.05) is 6.92 Å². The van der Waals surface area contributed by atoms with Gasteiger partial charge in [0.1, 0.15) is 17.3 Å². The summed E-state index contributed by atoms with van der Waals surface area (Å²) in [6, 6.07) is 7.15.